The van der Waals surface area contributed by atoms with Crippen LogP contribution in [-0.2, 0) is 19.4 Å². The lowest BCUT2D eigenvalue weighted by molar-refractivity contribution is 0.245. The van der Waals surface area contributed by atoms with Gasteiger partial charge in [0.25, 0.3) is 0 Å². The number of piperazine rings is 1. The number of H-pyrrole nitrogens is 1. The molecule has 2 aliphatic rings. The molecule has 3 aromatic rings. The lowest BCUT2D eigenvalue weighted by Gasteiger charge is -2.35. The van der Waals surface area contributed by atoms with Gasteiger partial charge in [-0.2, -0.15) is 14.7 Å². The molecule has 0 saturated carbocycles. The fraction of sp³-hybridized carbons (Fsp3) is 0.500. The first-order valence-electron chi connectivity index (χ1n) is 9.11. The van der Waals surface area contributed by atoms with E-state index in [-0.39, 0.29) is 0 Å². The van der Waals surface area contributed by atoms with Gasteiger partial charge < -0.3 is 4.90 Å². The highest BCUT2D eigenvalue weighted by Crippen LogP contribution is 2.24. The van der Waals surface area contributed by atoms with Crippen molar-refractivity contribution >= 4 is 11.5 Å². The predicted octanol–water partition coefficient (Wildman–Crippen LogP) is 1.57. The van der Waals surface area contributed by atoms with Gasteiger partial charge in [-0.15, -0.1) is 0 Å². The maximum Gasteiger partial charge on any atom is 0.157 e. The van der Waals surface area contributed by atoms with Crippen LogP contribution in [-0.4, -0.2) is 55.9 Å². The zero-order chi connectivity index (χ0) is 16.8. The Balaban J connectivity index is 1.30. The molecular weight excluding hydrogens is 314 g/mol. The molecular formula is C18H23N7. The van der Waals surface area contributed by atoms with E-state index >= 15 is 0 Å². The standard InChI is InChI=1S/C18H23N7/c1-13-11-18(25-17(20-13)5-6-19-25)24-9-7-23(8-10-24)12-16-14-3-2-4-15(14)21-22-16/h5-6,11H,2-4,7-10,12H2,1H3,(H,21,22). The van der Waals surface area contributed by atoms with Crippen LogP contribution in [0.1, 0.15) is 29.1 Å². The molecule has 0 aromatic carbocycles. The summed E-state index contributed by atoms with van der Waals surface area (Å²) in [7, 11) is 0. The van der Waals surface area contributed by atoms with E-state index in [4.69, 9.17) is 0 Å². The van der Waals surface area contributed by atoms with Gasteiger partial charge in [-0.1, -0.05) is 0 Å². The molecule has 130 valence electrons. The van der Waals surface area contributed by atoms with Crippen molar-refractivity contribution in [3.63, 3.8) is 0 Å². The zero-order valence-corrected chi connectivity index (χ0v) is 14.6. The fourth-order valence-electron chi connectivity index (χ4n) is 4.11. The number of aryl methyl sites for hydroxylation is 2. The van der Waals surface area contributed by atoms with Gasteiger partial charge in [0.1, 0.15) is 5.82 Å². The maximum absolute atomic E-state index is 4.55. The number of hydrogen-bond donors (Lipinski definition) is 1. The minimum absolute atomic E-state index is 0.921. The van der Waals surface area contributed by atoms with E-state index in [2.05, 4.69) is 36.1 Å². The number of nitrogens with zero attached hydrogens (tertiary/aromatic N) is 6. The Morgan fingerprint density at radius 1 is 1.16 bits per heavy atom. The van der Waals surface area contributed by atoms with Crippen molar-refractivity contribution in [2.75, 3.05) is 31.1 Å². The molecule has 3 aromatic heterocycles. The smallest absolute Gasteiger partial charge is 0.157 e. The Bertz CT molecular complexity index is 901. The Kier molecular flexibility index (Phi) is 3.48. The summed E-state index contributed by atoms with van der Waals surface area (Å²) >= 11 is 0. The summed E-state index contributed by atoms with van der Waals surface area (Å²) in [5, 5.41) is 12.2. The molecule has 25 heavy (non-hydrogen) atoms. The third-order valence-corrected chi connectivity index (χ3v) is 5.43. The molecule has 1 fully saturated rings. The van der Waals surface area contributed by atoms with Crippen LogP contribution < -0.4 is 4.90 Å². The van der Waals surface area contributed by atoms with Crippen LogP contribution in [0.2, 0.25) is 0 Å². The van der Waals surface area contributed by atoms with Crippen molar-refractivity contribution in [3.8, 4) is 0 Å². The molecule has 7 heteroatoms. The van der Waals surface area contributed by atoms with Crippen LogP contribution in [0.25, 0.3) is 5.65 Å². The second-order valence-corrected chi connectivity index (χ2v) is 7.10. The number of fused-ring (bicyclic) bond motifs is 2. The Hall–Kier alpha value is -2.41. The second-order valence-electron chi connectivity index (χ2n) is 7.10. The van der Waals surface area contributed by atoms with Crippen molar-refractivity contribution in [1.29, 1.82) is 0 Å². The van der Waals surface area contributed by atoms with E-state index in [1.165, 1.54) is 29.8 Å². The van der Waals surface area contributed by atoms with E-state index in [0.717, 1.165) is 56.3 Å². The molecule has 1 N–H and O–H groups in total. The SMILES string of the molecule is Cc1cc(N2CCN(Cc3n[nH]c4c3CCC4)CC2)n2nccc2n1. The summed E-state index contributed by atoms with van der Waals surface area (Å²) in [4.78, 5) is 9.47. The van der Waals surface area contributed by atoms with Gasteiger partial charge >= 0.3 is 0 Å². The third kappa shape index (κ3) is 2.59. The van der Waals surface area contributed by atoms with E-state index in [9.17, 15) is 0 Å². The normalized spacial score (nSPS) is 18.2. The first-order valence-corrected chi connectivity index (χ1v) is 9.11. The minimum Gasteiger partial charge on any atom is -0.354 e. The average molecular weight is 337 g/mol. The molecule has 5 rings (SSSR count). The van der Waals surface area contributed by atoms with Gasteiger partial charge in [0.2, 0.25) is 0 Å². The number of hydrogen-bond acceptors (Lipinski definition) is 5. The highest BCUT2D eigenvalue weighted by atomic mass is 15.4. The summed E-state index contributed by atoms with van der Waals surface area (Å²) in [6.07, 6.45) is 5.44. The monoisotopic (exact) mass is 337 g/mol. The van der Waals surface area contributed by atoms with Crippen LogP contribution in [0.3, 0.4) is 0 Å². The molecule has 4 heterocycles. The van der Waals surface area contributed by atoms with Crippen LogP contribution in [0, 0.1) is 6.92 Å². The van der Waals surface area contributed by atoms with Crippen LogP contribution in [0.5, 0.6) is 0 Å². The van der Waals surface area contributed by atoms with Gasteiger partial charge in [-0.25, -0.2) is 4.98 Å². The lowest BCUT2D eigenvalue weighted by atomic mass is 10.2. The van der Waals surface area contributed by atoms with Crippen LogP contribution >= 0.6 is 0 Å². The summed E-state index contributed by atoms with van der Waals surface area (Å²) < 4.78 is 1.95. The summed E-state index contributed by atoms with van der Waals surface area (Å²) in [6.45, 7) is 7.12. The minimum atomic E-state index is 0.921. The molecule has 0 atom stereocenters. The first-order chi connectivity index (χ1) is 12.3. The quantitative estimate of drug-likeness (QED) is 0.786. The number of nitrogens with one attached hydrogen (secondary N) is 1. The number of rotatable bonds is 3. The van der Waals surface area contributed by atoms with Crippen molar-refractivity contribution in [2.24, 2.45) is 0 Å². The Morgan fingerprint density at radius 2 is 2.04 bits per heavy atom. The van der Waals surface area contributed by atoms with Crippen LogP contribution in [0.4, 0.5) is 5.82 Å². The van der Waals surface area contributed by atoms with Crippen LogP contribution in [0.15, 0.2) is 18.3 Å². The van der Waals surface area contributed by atoms with E-state index < -0.39 is 0 Å². The van der Waals surface area contributed by atoms with E-state index in [1.807, 2.05) is 23.7 Å². The molecule has 0 unspecified atom stereocenters. The number of aromatic amines is 1. The van der Waals surface area contributed by atoms with Gasteiger partial charge in [0, 0.05) is 56.2 Å². The van der Waals surface area contributed by atoms with E-state index in [0.29, 0.717) is 0 Å². The molecule has 0 bridgehead atoms. The predicted molar refractivity (Wildman–Crippen MR) is 95.8 cm³/mol. The first kappa shape index (κ1) is 14.9. The fourth-order valence-corrected chi connectivity index (χ4v) is 4.11. The second kappa shape index (κ2) is 5.84. The summed E-state index contributed by atoms with van der Waals surface area (Å²) in [5.74, 6) is 1.15. The molecule has 1 aliphatic heterocycles. The average Bonchev–Trinajstić information content (AvgIpc) is 3.33. The molecule has 1 saturated heterocycles. The Morgan fingerprint density at radius 3 is 2.92 bits per heavy atom. The molecule has 1 aliphatic carbocycles. The number of anilines is 1. The van der Waals surface area contributed by atoms with Crippen molar-refractivity contribution in [2.45, 2.75) is 32.7 Å². The van der Waals surface area contributed by atoms with Gasteiger partial charge in [-0.05, 0) is 31.7 Å². The Labute approximate surface area is 146 Å². The topological polar surface area (TPSA) is 65.3 Å². The van der Waals surface area contributed by atoms with Gasteiger partial charge in [-0.3, -0.25) is 10.00 Å². The van der Waals surface area contributed by atoms with Gasteiger partial charge in [0.05, 0.1) is 11.9 Å². The lowest BCUT2D eigenvalue weighted by Crippen LogP contribution is -2.46. The zero-order valence-electron chi connectivity index (χ0n) is 14.6. The third-order valence-electron chi connectivity index (χ3n) is 5.43. The maximum atomic E-state index is 4.55. The van der Waals surface area contributed by atoms with Crippen molar-refractivity contribution in [3.05, 3.63) is 41.0 Å². The largest absolute Gasteiger partial charge is 0.354 e. The highest BCUT2D eigenvalue weighted by molar-refractivity contribution is 5.51. The van der Waals surface area contributed by atoms with Crippen molar-refractivity contribution in [1.82, 2.24) is 29.7 Å². The number of aromatic nitrogens is 5. The van der Waals surface area contributed by atoms with Gasteiger partial charge in [0.15, 0.2) is 5.65 Å². The molecule has 0 radical (unpaired) electrons. The molecule has 7 nitrogen and oxygen atoms in total. The van der Waals surface area contributed by atoms with E-state index in [1.54, 1.807) is 0 Å². The molecule has 0 spiro atoms. The van der Waals surface area contributed by atoms with Crippen molar-refractivity contribution < 1.29 is 0 Å². The summed E-state index contributed by atoms with van der Waals surface area (Å²) in [6, 6.07) is 4.10. The summed E-state index contributed by atoms with van der Waals surface area (Å²) in [5.41, 5.74) is 6.06. The highest BCUT2D eigenvalue weighted by Gasteiger charge is 2.23. The molecule has 0 amide bonds.